The lowest BCUT2D eigenvalue weighted by Gasteiger charge is -2.23. The third-order valence-corrected chi connectivity index (χ3v) is 6.14. The molecular formula is C19H16F2N6OS. The molecule has 1 atom stereocenters. The second kappa shape index (κ2) is 7.11. The molecule has 0 spiro atoms. The van der Waals surface area contributed by atoms with Gasteiger partial charge in [0.1, 0.15) is 21.9 Å². The molecule has 2 aliphatic rings. The number of hydrogen-bond acceptors (Lipinski definition) is 7. The van der Waals surface area contributed by atoms with E-state index in [2.05, 4.69) is 19.9 Å². The van der Waals surface area contributed by atoms with Crippen LogP contribution < -0.4 is 9.80 Å². The number of halogens is 2. The quantitative estimate of drug-likeness (QED) is 0.614. The molecule has 5 rings (SSSR count). The van der Waals surface area contributed by atoms with E-state index < -0.39 is 12.1 Å². The van der Waals surface area contributed by atoms with Crippen LogP contribution in [0, 0.1) is 5.95 Å². The molecule has 1 saturated heterocycles. The van der Waals surface area contributed by atoms with E-state index in [0.29, 0.717) is 53.3 Å². The van der Waals surface area contributed by atoms with Gasteiger partial charge in [-0.3, -0.25) is 9.69 Å². The number of rotatable bonds is 3. The summed E-state index contributed by atoms with van der Waals surface area (Å²) in [5.74, 6) is -0.160. The van der Waals surface area contributed by atoms with Gasteiger partial charge in [0.25, 0.3) is 5.91 Å². The zero-order valence-electron chi connectivity index (χ0n) is 15.3. The maximum absolute atomic E-state index is 14.7. The lowest BCUT2D eigenvalue weighted by Crippen LogP contribution is -2.38. The first-order valence-corrected chi connectivity index (χ1v) is 10.1. The Morgan fingerprint density at radius 2 is 1.97 bits per heavy atom. The Hall–Kier alpha value is -3.01. The van der Waals surface area contributed by atoms with Gasteiger partial charge in [-0.2, -0.15) is 4.39 Å². The van der Waals surface area contributed by atoms with Gasteiger partial charge in [-0.05, 0) is 24.6 Å². The Kier molecular flexibility index (Phi) is 4.42. The van der Waals surface area contributed by atoms with Crippen molar-refractivity contribution < 1.29 is 13.6 Å². The number of fused-ring (bicyclic) bond motifs is 1. The zero-order valence-corrected chi connectivity index (χ0v) is 16.1. The van der Waals surface area contributed by atoms with E-state index in [-0.39, 0.29) is 18.0 Å². The van der Waals surface area contributed by atoms with Crippen LogP contribution in [0.2, 0.25) is 0 Å². The Balaban J connectivity index is 1.43. The molecule has 5 heterocycles. The molecule has 1 amide bonds. The van der Waals surface area contributed by atoms with Crippen LogP contribution >= 0.6 is 11.3 Å². The number of thiazole rings is 1. The monoisotopic (exact) mass is 414 g/mol. The highest BCUT2D eigenvalue weighted by Crippen LogP contribution is 2.34. The first-order valence-electron chi connectivity index (χ1n) is 9.24. The first kappa shape index (κ1) is 18.0. The largest absolute Gasteiger partial charge is 0.353 e. The summed E-state index contributed by atoms with van der Waals surface area (Å²) in [5, 5.41) is 0.403. The summed E-state index contributed by atoms with van der Waals surface area (Å²) in [6.07, 6.45) is 3.21. The summed E-state index contributed by atoms with van der Waals surface area (Å²) in [5.41, 5.74) is 0.880. The molecule has 0 aromatic carbocycles. The van der Waals surface area contributed by atoms with Crippen LogP contribution in [0.3, 0.4) is 0 Å². The van der Waals surface area contributed by atoms with Gasteiger partial charge in [0.15, 0.2) is 0 Å². The van der Waals surface area contributed by atoms with Gasteiger partial charge in [-0.15, -0.1) is 11.3 Å². The van der Waals surface area contributed by atoms with Gasteiger partial charge in [0.2, 0.25) is 11.9 Å². The number of amides is 1. The normalized spacial score (nSPS) is 19.0. The zero-order chi connectivity index (χ0) is 20.0. The SMILES string of the molecule is O=C1c2sc(-c3ccc(N4CC[C@@H](F)C4)nc3F)nc2CCN1c1ncccn1. The van der Waals surface area contributed by atoms with Crippen LogP contribution in [0.15, 0.2) is 30.6 Å². The maximum atomic E-state index is 14.7. The molecule has 0 saturated carbocycles. The molecule has 10 heteroatoms. The summed E-state index contributed by atoms with van der Waals surface area (Å²) < 4.78 is 28.1. The van der Waals surface area contributed by atoms with Crippen LogP contribution in [0.1, 0.15) is 21.8 Å². The third kappa shape index (κ3) is 3.23. The highest BCUT2D eigenvalue weighted by Gasteiger charge is 2.31. The van der Waals surface area contributed by atoms with E-state index in [4.69, 9.17) is 0 Å². The molecular weight excluding hydrogens is 398 g/mol. The predicted molar refractivity (Wildman–Crippen MR) is 104 cm³/mol. The van der Waals surface area contributed by atoms with Crippen molar-refractivity contribution in [1.29, 1.82) is 0 Å². The van der Waals surface area contributed by atoms with Gasteiger partial charge >= 0.3 is 0 Å². The van der Waals surface area contributed by atoms with Crippen LogP contribution in [-0.4, -0.2) is 51.6 Å². The van der Waals surface area contributed by atoms with Gasteiger partial charge in [0, 0.05) is 31.9 Å². The van der Waals surface area contributed by atoms with Crippen LogP contribution in [0.25, 0.3) is 10.6 Å². The molecule has 148 valence electrons. The molecule has 0 unspecified atom stereocenters. The molecule has 29 heavy (non-hydrogen) atoms. The van der Waals surface area contributed by atoms with Crippen molar-refractivity contribution in [2.24, 2.45) is 0 Å². The van der Waals surface area contributed by atoms with E-state index in [1.165, 1.54) is 4.90 Å². The number of alkyl halides is 1. The fraction of sp³-hybridized carbons (Fsp3) is 0.316. The van der Waals surface area contributed by atoms with Gasteiger partial charge in [-0.1, -0.05) is 0 Å². The molecule has 2 aliphatic heterocycles. The van der Waals surface area contributed by atoms with Crippen LogP contribution in [0.4, 0.5) is 20.5 Å². The first-order chi connectivity index (χ1) is 14.1. The van der Waals surface area contributed by atoms with Gasteiger partial charge in [0.05, 0.1) is 17.8 Å². The molecule has 1 fully saturated rings. The highest BCUT2D eigenvalue weighted by molar-refractivity contribution is 7.17. The van der Waals surface area contributed by atoms with Crippen molar-refractivity contribution in [3.8, 4) is 10.6 Å². The average Bonchev–Trinajstić information content (AvgIpc) is 3.36. The molecule has 3 aromatic rings. The average molecular weight is 414 g/mol. The Labute approximate surface area is 169 Å². The van der Waals surface area contributed by atoms with E-state index in [0.717, 1.165) is 11.3 Å². The number of pyridine rings is 1. The predicted octanol–water partition coefficient (Wildman–Crippen LogP) is 2.89. The smallest absolute Gasteiger partial charge is 0.272 e. The summed E-state index contributed by atoms with van der Waals surface area (Å²) in [6.45, 7) is 1.16. The maximum Gasteiger partial charge on any atom is 0.272 e. The summed E-state index contributed by atoms with van der Waals surface area (Å²) in [7, 11) is 0. The summed E-state index contributed by atoms with van der Waals surface area (Å²) in [6, 6.07) is 4.95. The Morgan fingerprint density at radius 3 is 2.69 bits per heavy atom. The van der Waals surface area contributed by atoms with Crippen LogP contribution in [0.5, 0.6) is 0 Å². The molecule has 3 aromatic heterocycles. The van der Waals surface area contributed by atoms with Crippen LogP contribution in [-0.2, 0) is 6.42 Å². The van der Waals surface area contributed by atoms with Crippen molar-refractivity contribution in [2.75, 3.05) is 29.4 Å². The molecule has 0 bridgehead atoms. The third-order valence-electron chi connectivity index (χ3n) is 5.02. The Morgan fingerprint density at radius 1 is 1.14 bits per heavy atom. The fourth-order valence-corrected chi connectivity index (χ4v) is 4.63. The minimum Gasteiger partial charge on any atom is -0.353 e. The number of nitrogens with zero attached hydrogens (tertiary/aromatic N) is 6. The summed E-state index contributed by atoms with van der Waals surface area (Å²) >= 11 is 1.14. The fourth-order valence-electron chi connectivity index (χ4n) is 3.55. The van der Waals surface area contributed by atoms with Gasteiger partial charge < -0.3 is 4.90 Å². The van der Waals surface area contributed by atoms with Crippen molar-refractivity contribution in [2.45, 2.75) is 19.0 Å². The van der Waals surface area contributed by atoms with Crippen molar-refractivity contribution in [3.63, 3.8) is 0 Å². The summed E-state index contributed by atoms with van der Waals surface area (Å²) in [4.78, 5) is 33.3. The second-order valence-electron chi connectivity index (χ2n) is 6.89. The minimum atomic E-state index is -0.909. The van der Waals surface area contributed by atoms with Gasteiger partial charge in [-0.25, -0.2) is 24.3 Å². The number of aromatic nitrogens is 4. The molecule has 0 N–H and O–H groups in total. The van der Waals surface area contributed by atoms with E-state index >= 15 is 0 Å². The number of anilines is 2. The molecule has 7 nitrogen and oxygen atoms in total. The standard InChI is InChI=1S/C19H16F2N6OS/c20-11-4-8-26(10-11)14-3-2-12(16(21)25-14)17-24-13-5-9-27(18(28)15(13)29-17)19-22-6-1-7-23-19/h1-3,6-7,11H,4-5,8-10H2/t11-/m1/s1. The lowest BCUT2D eigenvalue weighted by atomic mass is 10.2. The number of carbonyl (C=O) groups excluding carboxylic acids is 1. The second-order valence-corrected chi connectivity index (χ2v) is 7.89. The topological polar surface area (TPSA) is 75.1 Å². The van der Waals surface area contributed by atoms with Crippen molar-refractivity contribution in [1.82, 2.24) is 19.9 Å². The number of hydrogen-bond donors (Lipinski definition) is 0. The highest BCUT2D eigenvalue weighted by atomic mass is 32.1. The van der Waals surface area contributed by atoms with E-state index in [9.17, 15) is 13.6 Å². The van der Waals surface area contributed by atoms with E-state index in [1.54, 1.807) is 35.5 Å². The number of carbonyl (C=O) groups is 1. The van der Waals surface area contributed by atoms with Crippen molar-refractivity contribution >= 4 is 29.0 Å². The molecule has 0 radical (unpaired) electrons. The lowest BCUT2D eigenvalue weighted by molar-refractivity contribution is 0.0982. The van der Waals surface area contributed by atoms with Crippen molar-refractivity contribution in [3.05, 3.63) is 47.1 Å². The molecule has 0 aliphatic carbocycles. The van der Waals surface area contributed by atoms with E-state index in [1.807, 2.05) is 0 Å². The Bertz CT molecular complexity index is 1080. The minimum absolute atomic E-state index is 0.225.